The number of imidazole rings is 1. The highest BCUT2D eigenvalue weighted by Crippen LogP contribution is 2.30. The van der Waals surface area contributed by atoms with Crippen molar-refractivity contribution >= 4 is 22.6 Å². The molecule has 0 saturated heterocycles. The van der Waals surface area contributed by atoms with Crippen molar-refractivity contribution in [3.05, 3.63) is 47.9 Å². The number of halogens is 2. The van der Waals surface area contributed by atoms with Gasteiger partial charge in [0.25, 0.3) is 0 Å². The Balaban J connectivity index is 2.20. The second-order valence-corrected chi connectivity index (χ2v) is 5.43. The van der Waals surface area contributed by atoms with Crippen LogP contribution in [0.5, 0.6) is 5.75 Å². The third-order valence-electron chi connectivity index (χ3n) is 3.33. The van der Waals surface area contributed by atoms with Crippen molar-refractivity contribution in [2.24, 2.45) is 0 Å². The number of ether oxygens (including phenoxy) is 1. The molecule has 1 atom stereocenters. The first-order chi connectivity index (χ1) is 10.1. The molecule has 0 aliphatic heterocycles. The summed E-state index contributed by atoms with van der Waals surface area (Å²) >= 11 is 6.20. The molecular weight excluding hydrogens is 295 g/mol. The summed E-state index contributed by atoms with van der Waals surface area (Å²) in [6.45, 7) is 2.39. The van der Waals surface area contributed by atoms with E-state index < -0.39 is 5.82 Å². The van der Waals surface area contributed by atoms with Crippen LogP contribution in [0.3, 0.4) is 0 Å². The van der Waals surface area contributed by atoms with Crippen LogP contribution in [0.4, 0.5) is 4.39 Å². The SMILES string of the molecule is COc1cc2c(cc1F)nc(C(C)Cl)n2Cc1ccoc1. The highest BCUT2D eigenvalue weighted by atomic mass is 35.5. The van der Waals surface area contributed by atoms with Crippen LogP contribution >= 0.6 is 11.6 Å². The van der Waals surface area contributed by atoms with Crippen LogP contribution in [0, 0.1) is 5.82 Å². The first-order valence-corrected chi connectivity index (χ1v) is 6.92. The van der Waals surface area contributed by atoms with Gasteiger partial charge in [-0.05, 0) is 13.0 Å². The van der Waals surface area contributed by atoms with Crippen LogP contribution in [0.2, 0.25) is 0 Å². The molecule has 2 aromatic heterocycles. The third kappa shape index (κ3) is 2.49. The van der Waals surface area contributed by atoms with E-state index in [4.69, 9.17) is 20.8 Å². The Kier molecular flexibility index (Phi) is 3.59. The summed E-state index contributed by atoms with van der Waals surface area (Å²) in [7, 11) is 1.44. The highest BCUT2D eigenvalue weighted by Gasteiger charge is 2.18. The van der Waals surface area contributed by atoms with Gasteiger partial charge in [-0.3, -0.25) is 0 Å². The molecule has 110 valence electrons. The van der Waals surface area contributed by atoms with Crippen LogP contribution in [0.15, 0.2) is 35.1 Å². The molecule has 0 spiro atoms. The summed E-state index contributed by atoms with van der Waals surface area (Å²) < 4.78 is 25.9. The molecule has 2 heterocycles. The molecule has 0 aliphatic rings. The van der Waals surface area contributed by atoms with Gasteiger partial charge in [-0.1, -0.05) is 0 Å². The third-order valence-corrected chi connectivity index (χ3v) is 3.52. The molecule has 6 heteroatoms. The lowest BCUT2D eigenvalue weighted by atomic mass is 10.2. The summed E-state index contributed by atoms with van der Waals surface area (Å²) in [5, 5.41) is -0.293. The minimum atomic E-state index is -0.438. The van der Waals surface area contributed by atoms with Crippen LogP contribution in [0.25, 0.3) is 11.0 Å². The lowest BCUT2D eigenvalue weighted by Gasteiger charge is -2.10. The van der Waals surface area contributed by atoms with Crippen LogP contribution in [-0.2, 0) is 6.54 Å². The molecule has 4 nitrogen and oxygen atoms in total. The lowest BCUT2D eigenvalue weighted by molar-refractivity contribution is 0.387. The van der Waals surface area contributed by atoms with Crippen LogP contribution < -0.4 is 4.74 Å². The smallest absolute Gasteiger partial charge is 0.167 e. The number of nitrogens with zero attached hydrogens (tertiary/aromatic N) is 2. The number of hydrogen-bond donors (Lipinski definition) is 0. The van der Waals surface area contributed by atoms with Gasteiger partial charge >= 0.3 is 0 Å². The number of methoxy groups -OCH3 is 1. The van der Waals surface area contributed by atoms with Gasteiger partial charge in [-0.2, -0.15) is 0 Å². The molecule has 1 aromatic carbocycles. The molecular formula is C15H14ClFN2O2. The van der Waals surface area contributed by atoms with Gasteiger partial charge in [0.2, 0.25) is 0 Å². The van der Waals surface area contributed by atoms with E-state index >= 15 is 0 Å². The van der Waals surface area contributed by atoms with E-state index in [9.17, 15) is 4.39 Å². The topological polar surface area (TPSA) is 40.2 Å². The van der Waals surface area contributed by atoms with Gasteiger partial charge in [-0.15, -0.1) is 11.6 Å². The van der Waals surface area contributed by atoms with Crippen molar-refractivity contribution in [1.82, 2.24) is 9.55 Å². The first kappa shape index (κ1) is 13.9. The summed E-state index contributed by atoms with van der Waals surface area (Å²) in [4.78, 5) is 4.43. The van der Waals surface area contributed by atoms with E-state index in [1.807, 2.05) is 17.6 Å². The standard InChI is InChI=1S/C15H14ClFN2O2/c1-9(16)15-18-12-5-11(17)14(20-2)6-13(12)19(15)7-10-3-4-21-8-10/h3-6,8-9H,7H2,1-2H3. The molecule has 0 amide bonds. The molecule has 0 radical (unpaired) electrons. The number of fused-ring (bicyclic) bond motifs is 1. The van der Waals surface area contributed by atoms with Gasteiger partial charge in [0.1, 0.15) is 5.82 Å². The molecule has 3 rings (SSSR count). The van der Waals surface area contributed by atoms with E-state index in [0.29, 0.717) is 17.9 Å². The number of alkyl halides is 1. The number of rotatable bonds is 4. The van der Waals surface area contributed by atoms with Crippen molar-refractivity contribution in [2.45, 2.75) is 18.8 Å². The Morgan fingerprint density at radius 1 is 1.48 bits per heavy atom. The zero-order chi connectivity index (χ0) is 15.0. The van der Waals surface area contributed by atoms with E-state index in [-0.39, 0.29) is 11.1 Å². The fourth-order valence-corrected chi connectivity index (χ4v) is 2.50. The number of benzene rings is 1. The zero-order valence-electron chi connectivity index (χ0n) is 11.6. The monoisotopic (exact) mass is 308 g/mol. The predicted octanol–water partition coefficient (Wildman–Crippen LogP) is 4.13. The minimum Gasteiger partial charge on any atom is -0.494 e. The van der Waals surface area contributed by atoms with Gasteiger partial charge < -0.3 is 13.7 Å². The maximum Gasteiger partial charge on any atom is 0.167 e. The summed E-state index contributed by atoms with van der Waals surface area (Å²) in [5.41, 5.74) is 2.31. The van der Waals surface area contributed by atoms with Gasteiger partial charge in [0, 0.05) is 17.7 Å². The van der Waals surface area contributed by atoms with Gasteiger partial charge in [0.15, 0.2) is 11.6 Å². The van der Waals surface area contributed by atoms with Crippen LogP contribution in [0.1, 0.15) is 23.7 Å². The van der Waals surface area contributed by atoms with Crippen molar-refractivity contribution in [3.63, 3.8) is 0 Å². The maximum atomic E-state index is 13.8. The summed E-state index contributed by atoms with van der Waals surface area (Å²) in [6.07, 6.45) is 3.27. The van der Waals surface area contributed by atoms with Crippen molar-refractivity contribution < 1.29 is 13.5 Å². The molecule has 0 aliphatic carbocycles. The summed E-state index contributed by atoms with van der Waals surface area (Å²) in [6, 6.07) is 4.87. The Morgan fingerprint density at radius 2 is 2.29 bits per heavy atom. The Bertz CT molecular complexity index is 766. The number of aromatic nitrogens is 2. The number of furan rings is 1. The van der Waals surface area contributed by atoms with Crippen molar-refractivity contribution in [1.29, 1.82) is 0 Å². The zero-order valence-corrected chi connectivity index (χ0v) is 12.4. The normalized spacial score (nSPS) is 12.8. The van der Waals surface area contributed by atoms with E-state index in [2.05, 4.69) is 4.98 Å². The quantitative estimate of drug-likeness (QED) is 0.681. The lowest BCUT2D eigenvalue weighted by Crippen LogP contribution is -2.05. The fourth-order valence-electron chi connectivity index (χ4n) is 2.34. The van der Waals surface area contributed by atoms with Gasteiger partial charge in [-0.25, -0.2) is 9.37 Å². The largest absolute Gasteiger partial charge is 0.494 e. The molecule has 3 aromatic rings. The van der Waals surface area contributed by atoms with Gasteiger partial charge in [0.05, 0.1) is 42.6 Å². The Labute approximate surface area is 126 Å². The summed E-state index contributed by atoms with van der Waals surface area (Å²) in [5.74, 6) is 0.428. The average Bonchev–Trinajstić information content (AvgIpc) is 3.06. The molecule has 0 bridgehead atoms. The Morgan fingerprint density at radius 3 is 2.90 bits per heavy atom. The second-order valence-electron chi connectivity index (χ2n) is 4.78. The molecule has 21 heavy (non-hydrogen) atoms. The van der Waals surface area contributed by atoms with E-state index in [0.717, 1.165) is 11.1 Å². The molecule has 0 N–H and O–H groups in total. The van der Waals surface area contributed by atoms with Crippen molar-refractivity contribution in [3.8, 4) is 5.75 Å². The van der Waals surface area contributed by atoms with Crippen molar-refractivity contribution in [2.75, 3.05) is 7.11 Å². The predicted molar refractivity (Wildman–Crippen MR) is 78.3 cm³/mol. The van der Waals surface area contributed by atoms with E-state index in [1.165, 1.54) is 13.2 Å². The average molecular weight is 309 g/mol. The number of hydrogen-bond acceptors (Lipinski definition) is 3. The first-order valence-electron chi connectivity index (χ1n) is 6.49. The minimum absolute atomic E-state index is 0.185. The molecule has 0 saturated carbocycles. The maximum absolute atomic E-state index is 13.8. The van der Waals surface area contributed by atoms with E-state index in [1.54, 1.807) is 18.6 Å². The van der Waals surface area contributed by atoms with Crippen LogP contribution in [-0.4, -0.2) is 16.7 Å². The Hall–Kier alpha value is -2.01. The molecule has 1 unspecified atom stereocenters. The highest BCUT2D eigenvalue weighted by molar-refractivity contribution is 6.20. The fraction of sp³-hybridized carbons (Fsp3) is 0.267. The molecule has 0 fully saturated rings. The second kappa shape index (κ2) is 5.41.